The molecule has 2 heterocycles. The van der Waals surface area contributed by atoms with Crippen molar-refractivity contribution in [1.29, 1.82) is 0 Å². The lowest BCUT2D eigenvalue weighted by Gasteiger charge is -2.19. The number of pyridine rings is 1. The maximum Gasteiger partial charge on any atom is 0.257 e. The lowest BCUT2D eigenvalue weighted by molar-refractivity contribution is 0.102. The second-order valence-electron chi connectivity index (χ2n) is 8.36. The number of carbonyl (C=O) groups is 1. The number of hydrogen-bond donors (Lipinski definition) is 3. The summed E-state index contributed by atoms with van der Waals surface area (Å²) in [5.41, 5.74) is 1.59. The quantitative estimate of drug-likeness (QED) is 0.302. The first-order chi connectivity index (χ1) is 15.2. The van der Waals surface area contributed by atoms with Gasteiger partial charge in [-0.25, -0.2) is 13.8 Å². The molecule has 0 bridgehead atoms. The number of amides is 1. The van der Waals surface area contributed by atoms with E-state index in [1.807, 2.05) is 24.3 Å². The van der Waals surface area contributed by atoms with E-state index in [-0.39, 0.29) is 16.7 Å². The highest BCUT2D eigenvalue weighted by atomic mass is 32.2. The van der Waals surface area contributed by atoms with Gasteiger partial charge in [0.05, 0.1) is 11.3 Å². The highest BCUT2D eigenvalue weighted by molar-refractivity contribution is 8.00. The number of nitrogens with one attached hydrogen (secondary N) is 3. The highest BCUT2D eigenvalue weighted by Gasteiger charge is 2.18. The molecule has 0 aliphatic rings. The second kappa shape index (κ2) is 8.63. The number of nitrogens with zero attached hydrogens (tertiary/aromatic N) is 1. The molecule has 0 radical (unpaired) electrons. The summed E-state index contributed by atoms with van der Waals surface area (Å²) in [6, 6.07) is 13.7. The summed E-state index contributed by atoms with van der Waals surface area (Å²) < 4.78 is 32.2. The van der Waals surface area contributed by atoms with Crippen LogP contribution >= 0.6 is 11.9 Å². The first kappa shape index (κ1) is 21.8. The van der Waals surface area contributed by atoms with Crippen LogP contribution in [0.1, 0.15) is 36.7 Å². The van der Waals surface area contributed by atoms with E-state index < -0.39 is 23.2 Å². The van der Waals surface area contributed by atoms with Crippen molar-refractivity contribution in [3.63, 3.8) is 0 Å². The minimum Gasteiger partial charge on any atom is -0.346 e. The number of aromatic amines is 1. The van der Waals surface area contributed by atoms with Crippen molar-refractivity contribution in [1.82, 2.24) is 9.97 Å². The molecule has 5 nitrogen and oxygen atoms in total. The molecule has 0 fully saturated rings. The molecule has 1 amide bonds. The molecule has 2 aromatic heterocycles. The Morgan fingerprint density at radius 2 is 1.81 bits per heavy atom. The average Bonchev–Trinajstić information content (AvgIpc) is 3.23. The smallest absolute Gasteiger partial charge is 0.257 e. The van der Waals surface area contributed by atoms with E-state index in [0.29, 0.717) is 5.65 Å². The van der Waals surface area contributed by atoms with Gasteiger partial charge in [-0.3, -0.25) is 4.79 Å². The molecule has 0 spiro atoms. The molecular formula is C24H22F2N4OS. The zero-order valence-electron chi connectivity index (χ0n) is 17.8. The molecule has 3 N–H and O–H groups in total. The normalized spacial score (nSPS) is 11.5. The molecule has 32 heavy (non-hydrogen) atoms. The third-order valence-corrected chi connectivity index (χ3v) is 5.82. The van der Waals surface area contributed by atoms with Gasteiger partial charge in [0.2, 0.25) is 0 Å². The van der Waals surface area contributed by atoms with Crippen molar-refractivity contribution in [3.8, 4) is 0 Å². The molecule has 4 aromatic rings. The Morgan fingerprint density at radius 3 is 2.53 bits per heavy atom. The predicted octanol–water partition coefficient (Wildman–Crippen LogP) is 6.51. The Kier molecular flexibility index (Phi) is 5.88. The monoisotopic (exact) mass is 452 g/mol. The van der Waals surface area contributed by atoms with E-state index in [1.54, 1.807) is 18.3 Å². The van der Waals surface area contributed by atoms with Gasteiger partial charge in [0.1, 0.15) is 17.2 Å². The predicted molar refractivity (Wildman–Crippen MR) is 125 cm³/mol. The fraction of sp³-hybridized carbons (Fsp3) is 0.167. The Balaban J connectivity index is 1.50. The van der Waals surface area contributed by atoms with Gasteiger partial charge in [0.15, 0.2) is 5.82 Å². The lowest BCUT2D eigenvalue weighted by Crippen LogP contribution is -2.15. The van der Waals surface area contributed by atoms with Crippen LogP contribution in [0.4, 0.5) is 20.2 Å². The molecule has 0 unspecified atom stereocenters. The largest absolute Gasteiger partial charge is 0.346 e. The van der Waals surface area contributed by atoms with Gasteiger partial charge in [-0.15, -0.1) is 0 Å². The van der Waals surface area contributed by atoms with E-state index >= 15 is 0 Å². The summed E-state index contributed by atoms with van der Waals surface area (Å²) in [5.74, 6) is -2.40. The molecule has 8 heteroatoms. The fourth-order valence-corrected chi connectivity index (χ4v) is 3.79. The van der Waals surface area contributed by atoms with Crippen molar-refractivity contribution in [2.45, 2.75) is 31.1 Å². The molecule has 0 saturated carbocycles. The van der Waals surface area contributed by atoms with Crippen molar-refractivity contribution in [2.24, 2.45) is 0 Å². The summed E-state index contributed by atoms with van der Waals surface area (Å²) in [7, 11) is 0. The van der Waals surface area contributed by atoms with Crippen LogP contribution < -0.4 is 10.0 Å². The maximum atomic E-state index is 15.0. The van der Waals surface area contributed by atoms with Gasteiger partial charge >= 0.3 is 0 Å². The van der Waals surface area contributed by atoms with Gasteiger partial charge in [-0.2, -0.15) is 0 Å². The van der Waals surface area contributed by atoms with Crippen LogP contribution in [0.25, 0.3) is 11.0 Å². The summed E-state index contributed by atoms with van der Waals surface area (Å²) in [6.45, 7) is 6.39. The average molecular weight is 453 g/mol. The topological polar surface area (TPSA) is 69.8 Å². The van der Waals surface area contributed by atoms with E-state index in [4.69, 9.17) is 0 Å². The van der Waals surface area contributed by atoms with Gasteiger partial charge in [0.25, 0.3) is 5.91 Å². The van der Waals surface area contributed by atoms with Gasteiger partial charge in [-0.05, 0) is 59.3 Å². The maximum absolute atomic E-state index is 15.0. The molecule has 0 aliphatic heterocycles. The van der Waals surface area contributed by atoms with Crippen LogP contribution in [-0.2, 0) is 5.41 Å². The van der Waals surface area contributed by atoms with Gasteiger partial charge in [0, 0.05) is 22.7 Å². The highest BCUT2D eigenvalue weighted by Crippen LogP contribution is 2.31. The number of fused-ring (bicyclic) bond motifs is 1. The zero-order valence-corrected chi connectivity index (χ0v) is 18.6. The Labute approximate surface area is 188 Å². The number of H-pyrrole nitrogens is 1. The minimum atomic E-state index is -0.882. The zero-order chi connectivity index (χ0) is 22.9. The van der Waals surface area contributed by atoms with Crippen LogP contribution in [-0.4, -0.2) is 15.9 Å². The van der Waals surface area contributed by atoms with Crippen LogP contribution in [0.2, 0.25) is 0 Å². The molecular weight excluding hydrogens is 430 g/mol. The van der Waals surface area contributed by atoms with Crippen molar-refractivity contribution in [3.05, 3.63) is 83.7 Å². The standard InChI is InChI=1S/C24H22F2N4OS/c1-24(2,3)16-4-6-17(7-5-16)32-30-19-9-8-18(25)21(20(19)26)29-23(31)15-12-14-10-11-27-22(14)28-13-15/h4-13,30H,1-3H3,(H,27,28)(H,29,31). The van der Waals surface area contributed by atoms with Crippen LogP contribution in [0.15, 0.2) is 65.8 Å². The van der Waals surface area contributed by atoms with E-state index in [0.717, 1.165) is 16.3 Å². The number of benzene rings is 2. The van der Waals surface area contributed by atoms with Crippen molar-refractivity contribution < 1.29 is 13.6 Å². The number of rotatable bonds is 5. The van der Waals surface area contributed by atoms with Crippen LogP contribution in [0.3, 0.4) is 0 Å². The summed E-state index contributed by atoms with van der Waals surface area (Å²) in [4.78, 5) is 20.5. The molecule has 0 atom stereocenters. The third kappa shape index (κ3) is 4.60. The minimum absolute atomic E-state index is 0.0357. The lowest BCUT2D eigenvalue weighted by atomic mass is 9.87. The first-order valence-electron chi connectivity index (χ1n) is 9.98. The summed E-state index contributed by atoms with van der Waals surface area (Å²) in [5, 5.41) is 3.05. The fourth-order valence-electron chi connectivity index (χ4n) is 3.13. The van der Waals surface area contributed by atoms with Crippen molar-refractivity contribution in [2.75, 3.05) is 10.0 Å². The molecule has 4 rings (SSSR count). The second-order valence-corrected chi connectivity index (χ2v) is 9.24. The summed E-state index contributed by atoms with van der Waals surface area (Å²) >= 11 is 1.20. The van der Waals surface area contributed by atoms with Gasteiger partial charge in [-0.1, -0.05) is 32.9 Å². The number of anilines is 2. The Morgan fingerprint density at radius 1 is 1.06 bits per heavy atom. The van der Waals surface area contributed by atoms with E-state index in [2.05, 4.69) is 40.8 Å². The van der Waals surface area contributed by atoms with Gasteiger partial charge < -0.3 is 15.0 Å². The number of halogens is 2. The third-order valence-electron chi connectivity index (χ3n) is 4.99. The summed E-state index contributed by atoms with van der Waals surface area (Å²) in [6.07, 6.45) is 3.05. The van der Waals surface area contributed by atoms with Crippen LogP contribution in [0.5, 0.6) is 0 Å². The molecule has 164 valence electrons. The molecule has 2 aromatic carbocycles. The van der Waals surface area contributed by atoms with E-state index in [1.165, 1.54) is 29.8 Å². The number of carbonyl (C=O) groups excluding carboxylic acids is 1. The number of hydrogen-bond acceptors (Lipinski definition) is 4. The van der Waals surface area contributed by atoms with Crippen molar-refractivity contribution >= 4 is 40.3 Å². The molecule has 0 aliphatic carbocycles. The Bertz CT molecular complexity index is 1280. The van der Waals surface area contributed by atoms with Crippen LogP contribution in [0, 0.1) is 11.6 Å². The first-order valence-corrected chi connectivity index (χ1v) is 10.8. The number of aromatic nitrogens is 2. The SMILES string of the molecule is CC(C)(C)c1ccc(SNc2ccc(F)c(NC(=O)c3cnc4[nH]ccc4c3)c2F)cc1. The van der Waals surface area contributed by atoms with E-state index in [9.17, 15) is 13.6 Å². The Hall–Kier alpha value is -3.39. The molecule has 0 saturated heterocycles.